The lowest BCUT2D eigenvalue weighted by Crippen LogP contribution is -2.27. The van der Waals surface area contributed by atoms with Crippen molar-refractivity contribution in [3.8, 4) is 0 Å². The van der Waals surface area contributed by atoms with Gasteiger partial charge in [0.05, 0.1) is 17.8 Å². The van der Waals surface area contributed by atoms with E-state index in [-0.39, 0.29) is 31.4 Å². The van der Waals surface area contributed by atoms with Crippen LogP contribution in [-0.4, -0.2) is 29.3 Å². The van der Waals surface area contributed by atoms with Crippen LogP contribution in [-0.2, 0) is 20.9 Å². The van der Waals surface area contributed by atoms with E-state index < -0.39 is 5.97 Å². The number of hydrogen-bond donors (Lipinski definition) is 1. The zero-order valence-electron chi connectivity index (χ0n) is 19.2. The van der Waals surface area contributed by atoms with Crippen molar-refractivity contribution in [1.82, 2.24) is 10.3 Å². The third-order valence-corrected chi connectivity index (χ3v) is 5.90. The molecule has 7 nitrogen and oxygen atoms in total. The molecule has 2 amide bonds. The molecule has 0 spiro atoms. The van der Waals surface area contributed by atoms with E-state index in [0.717, 1.165) is 22.4 Å². The summed E-state index contributed by atoms with van der Waals surface area (Å²) in [6.07, 6.45) is 0.0523. The summed E-state index contributed by atoms with van der Waals surface area (Å²) in [5.41, 5.74) is 4.87. The molecule has 0 fully saturated rings. The van der Waals surface area contributed by atoms with Gasteiger partial charge in [0.15, 0.2) is 5.13 Å². The van der Waals surface area contributed by atoms with Crippen molar-refractivity contribution in [2.45, 2.75) is 40.7 Å². The summed E-state index contributed by atoms with van der Waals surface area (Å²) in [6.45, 7) is 7.48. The second-order valence-corrected chi connectivity index (χ2v) is 8.58. The lowest BCUT2D eigenvalue weighted by atomic mass is 10.1. The highest BCUT2D eigenvalue weighted by molar-refractivity contribution is 7.14. The molecule has 1 heterocycles. The Bertz CT molecular complexity index is 1170. The molecule has 1 N–H and O–H groups in total. The summed E-state index contributed by atoms with van der Waals surface area (Å²) >= 11 is 1.31. The summed E-state index contributed by atoms with van der Waals surface area (Å²) in [4.78, 5) is 42.7. The summed E-state index contributed by atoms with van der Waals surface area (Å²) in [5, 5.41) is 5.02. The minimum Gasteiger partial charge on any atom is -0.459 e. The predicted molar refractivity (Wildman–Crippen MR) is 129 cm³/mol. The normalized spacial score (nSPS) is 10.5. The zero-order chi connectivity index (χ0) is 24.0. The standard InChI is InChI=1S/C25H27N3O4S/c1-16-9-10-22(18(3)13-16)28(19(4)29)25-27-20(15-33-25)14-32-23(30)11-12-26-24(31)21-8-6-5-7-17(21)2/h5-10,13,15H,11-12,14H2,1-4H3,(H,26,31). The predicted octanol–water partition coefficient (Wildman–Crippen LogP) is 4.62. The highest BCUT2D eigenvalue weighted by atomic mass is 32.1. The molecule has 0 bridgehead atoms. The number of carbonyl (C=O) groups is 3. The van der Waals surface area contributed by atoms with Crippen LogP contribution >= 0.6 is 11.3 Å². The van der Waals surface area contributed by atoms with Crippen molar-refractivity contribution in [3.63, 3.8) is 0 Å². The lowest BCUT2D eigenvalue weighted by molar-refractivity contribution is -0.144. The maximum absolute atomic E-state index is 12.3. The number of nitrogens with one attached hydrogen (secondary N) is 1. The van der Waals surface area contributed by atoms with E-state index in [9.17, 15) is 14.4 Å². The Morgan fingerprint density at radius 1 is 1.06 bits per heavy atom. The molecule has 1 aromatic heterocycles. The van der Waals surface area contributed by atoms with Gasteiger partial charge in [-0.1, -0.05) is 35.9 Å². The molecule has 2 aromatic carbocycles. The van der Waals surface area contributed by atoms with Crippen LogP contribution in [0.1, 0.15) is 46.1 Å². The topological polar surface area (TPSA) is 88.6 Å². The first-order valence-electron chi connectivity index (χ1n) is 10.6. The Morgan fingerprint density at radius 3 is 2.52 bits per heavy atom. The maximum Gasteiger partial charge on any atom is 0.307 e. The Labute approximate surface area is 197 Å². The largest absolute Gasteiger partial charge is 0.459 e. The van der Waals surface area contributed by atoms with Crippen LogP contribution < -0.4 is 10.2 Å². The second-order valence-electron chi connectivity index (χ2n) is 7.75. The monoisotopic (exact) mass is 465 g/mol. The van der Waals surface area contributed by atoms with Gasteiger partial charge in [-0.3, -0.25) is 19.3 Å². The van der Waals surface area contributed by atoms with E-state index in [0.29, 0.717) is 16.4 Å². The van der Waals surface area contributed by atoms with Gasteiger partial charge in [0.2, 0.25) is 5.91 Å². The molecule has 0 aliphatic heterocycles. The first-order chi connectivity index (χ1) is 15.8. The van der Waals surface area contributed by atoms with Crippen molar-refractivity contribution in [3.05, 3.63) is 75.8 Å². The first-order valence-corrected chi connectivity index (χ1v) is 11.5. The SMILES string of the molecule is CC(=O)N(c1nc(COC(=O)CCNC(=O)c2ccccc2C)cs1)c1ccc(C)cc1C. The Balaban J connectivity index is 1.53. The molecule has 3 rings (SSSR count). The van der Waals surface area contributed by atoms with Gasteiger partial charge in [-0.05, 0) is 44.0 Å². The minimum absolute atomic E-state index is 0.000300. The van der Waals surface area contributed by atoms with Gasteiger partial charge in [-0.25, -0.2) is 4.98 Å². The fourth-order valence-electron chi connectivity index (χ4n) is 3.36. The zero-order valence-corrected chi connectivity index (χ0v) is 20.0. The van der Waals surface area contributed by atoms with Gasteiger partial charge in [0.1, 0.15) is 6.61 Å². The van der Waals surface area contributed by atoms with Gasteiger partial charge < -0.3 is 10.1 Å². The van der Waals surface area contributed by atoms with Gasteiger partial charge in [-0.2, -0.15) is 0 Å². The van der Waals surface area contributed by atoms with Crippen LogP contribution in [0, 0.1) is 20.8 Å². The molecule has 3 aromatic rings. The van der Waals surface area contributed by atoms with Crippen LogP contribution in [0.5, 0.6) is 0 Å². The number of anilines is 2. The Morgan fingerprint density at radius 2 is 1.82 bits per heavy atom. The van der Waals surface area contributed by atoms with E-state index in [1.807, 2.05) is 51.1 Å². The molecule has 0 aliphatic rings. The van der Waals surface area contributed by atoms with Crippen LogP contribution in [0.2, 0.25) is 0 Å². The quantitative estimate of drug-likeness (QED) is 0.491. The second kappa shape index (κ2) is 10.9. The number of nitrogens with zero attached hydrogens (tertiary/aromatic N) is 2. The Hall–Kier alpha value is -3.52. The van der Waals surface area contributed by atoms with Crippen LogP contribution in [0.15, 0.2) is 47.8 Å². The number of thiazole rings is 1. The fourth-order valence-corrected chi connectivity index (χ4v) is 4.22. The van der Waals surface area contributed by atoms with Crippen LogP contribution in [0.4, 0.5) is 10.8 Å². The van der Waals surface area contributed by atoms with E-state index >= 15 is 0 Å². The summed E-state index contributed by atoms with van der Waals surface area (Å²) < 4.78 is 5.29. The third kappa shape index (κ3) is 6.26. The van der Waals surface area contributed by atoms with Crippen molar-refractivity contribution in [2.75, 3.05) is 11.4 Å². The fraction of sp³-hybridized carbons (Fsp3) is 0.280. The molecule has 0 unspecified atom stereocenters. The first kappa shape index (κ1) is 24.1. The summed E-state index contributed by atoms with van der Waals surface area (Å²) in [5.74, 6) is -0.808. The highest BCUT2D eigenvalue weighted by Crippen LogP contribution is 2.31. The molecule has 172 valence electrons. The van der Waals surface area contributed by atoms with Crippen molar-refractivity contribution in [2.24, 2.45) is 0 Å². The number of aryl methyl sites for hydroxylation is 3. The van der Waals surface area contributed by atoms with Gasteiger partial charge in [0.25, 0.3) is 5.91 Å². The molecular weight excluding hydrogens is 438 g/mol. The molecule has 0 saturated heterocycles. The number of rotatable bonds is 8. The molecule has 0 atom stereocenters. The number of aromatic nitrogens is 1. The molecule has 0 radical (unpaired) electrons. The number of esters is 1. The molecule has 8 heteroatoms. The van der Waals surface area contributed by atoms with E-state index in [1.54, 1.807) is 22.4 Å². The summed E-state index contributed by atoms with van der Waals surface area (Å²) in [6, 6.07) is 13.1. The lowest BCUT2D eigenvalue weighted by Gasteiger charge is -2.20. The third-order valence-electron chi connectivity index (χ3n) is 5.02. The minimum atomic E-state index is -0.438. The number of ether oxygens (including phenoxy) is 1. The van der Waals surface area contributed by atoms with E-state index in [1.165, 1.54) is 18.3 Å². The van der Waals surface area contributed by atoms with Crippen molar-refractivity contribution >= 4 is 39.9 Å². The van der Waals surface area contributed by atoms with Gasteiger partial charge in [0, 0.05) is 24.4 Å². The molecule has 33 heavy (non-hydrogen) atoms. The van der Waals surface area contributed by atoms with E-state index in [2.05, 4.69) is 10.3 Å². The average molecular weight is 466 g/mol. The molecule has 0 saturated carbocycles. The molecular formula is C25H27N3O4S. The number of hydrogen-bond acceptors (Lipinski definition) is 6. The average Bonchev–Trinajstić information content (AvgIpc) is 3.22. The summed E-state index contributed by atoms with van der Waals surface area (Å²) in [7, 11) is 0. The molecule has 0 aliphatic carbocycles. The maximum atomic E-state index is 12.3. The number of benzene rings is 2. The smallest absolute Gasteiger partial charge is 0.307 e. The number of carbonyl (C=O) groups excluding carboxylic acids is 3. The van der Waals surface area contributed by atoms with Crippen molar-refractivity contribution < 1.29 is 19.1 Å². The van der Waals surface area contributed by atoms with Gasteiger partial charge in [-0.15, -0.1) is 11.3 Å². The highest BCUT2D eigenvalue weighted by Gasteiger charge is 2.20. The number of amides is 2. The van der Waals surface area contributed by atoms with Crippen molar-refractivity contribution in [1.29, 1.82) is 0 Å². The van der Waals surface area contributed by atoms with Crippen LogP contribution in [0.3, 0.4) is 0 Å². The van der Waals surface area contributed by atoms with Crippen LogP contribution in [0.25, 0.3) is 0 Å². The Kier molecular flexibility index (Phi) is 7.95. The van der Waals surface area contributed by atoms with E-state index in [4.69, 9.17) is 4.74 Å². The van der Waals surface area contributed by atoms with Gasteiger partial charge >= 0.3 is 5.97 Å².